The summed E-state index contributed by atoms with van der Waals surface area (Å²) in [5.74, 6) is 0.498. The summed E-state index contributed by atoms with van der Waals surface area (Å²) in [6.45, 7) is 3.94. The van der Waals surface area contributed by atoms with E-state index in [1.165, 1.54) is 57.8 Å². The standard InChI is InChI=1S/C24H37O5P/c1-3-5-6-7-8-9-10-11-12-13-17-22-20-19-21-16-14-15-18-23(21)24(22)28-29-30(25,26)27-4-2/h14-16,18-20H,3-13,17H2,1-2H3,(H,25,26). The summed E-state index contributed by atoms with van der Waals surface area (Å²) in [6, 6.07) is 11.8. The zero-order chi connectivity index (χ0) is 21.7. The minimum Gasteiger partial charge on any atom is -0.326 e. The van der Waals surface area contributed by atoms with Crippen LogP contribution in [-0.2, 0) is 20.2 Å². The van der Waals surface area contributed by atoms with E-state index >= 15 is 0 Å². The maximum Gasteiger partial charge on any atom is 0.508 e. The Morgan fingerprint density at radius 2 is 1.47 bits per heavy atom. The minimum absolute atomic E-state index is 0.0676. The molecule has 0 saturated carbocycles. The topological polar surface area (TPSA) is 65.0 Å². The predicted molar refractivity (Wildman–Crippen MR) is 123 cm³/mol. The van der Waals surface area contributed by atoms with Gasteiger partial charge < -0.3 is 9.78 Å². The van der Waals surface area contributed by atoms with Crippen LogP contribution >= 0.6 is 7.82 Å². The summed E-state index contributed by atoms with van der Waals surface area (Å²) in [5, 5.41) is 1.85. The van der Waals surface area contributed by atoms with Crippen LogP contribution < -0.4 is 4.89 Å². The lowest BCUT2D eigenvalue weighted by Crippen LogP contribution is -2.02. The van der Waals surface area contributed by atoms with Crippen LogP contribution in [0.15, 0.2) is 36.4 Å². The molecule has 0 amide bonds. The highest BCUT2D eigenvalue weighted by molar-refractivity contribution is 7.47. The van der Waals surface area contributed by atoms with Gasteiger partial charge in [-0.2, -0.15) is 0 Å². The number of phosphoric acid groups is 1. The molecule has 1 unspecified atom stereocenters. The van der Waals surface area contributed by atoms with Gasteiger partial charge in [0.15, 0.2) is 5.75 Å². The molecule has 1 N–H and O–H groups in total. The third-order valence-corrected chi connectivity index (χ3v) is 6.12. The van der Waals surface area contributed by atoms with E-state index in [0.717, 1.165) is 29.2 Å². The molecule has 5 nitrogen and oxygen atoms in total. The Bertz CT molecular complexity index is 792. The van der Waals surface area contributed by atoms with Crippen molar-refractivity contribution in [3.63, 3.8) is 0 Å². The maximum atomic E-state index is 11.9. The van der Waals surface area contributed by atoms with Crippen LogP contribution in [0, 0.1) is 0 Å². The van der Waals surface area contributed by atoms with Crippen LogP contribution in [0.2, 0.25) is 0 Å². The lowest BCUT2D eigenvalue weighted by atomic mass is 10.00. The zero-order valence-corrected chi connectivity index (χ0v) is 19.4. The van der Waals surface area contributed by atoms with Gasteiger partial charge >= 0.3 is 7.82 Å². The van der Waals surface area contributed by atoms with Gasteiger partial charge in [-0.05, 0) is 30.7 Å². The average molecular weight is 437 g/mol. The summed E-state index contributed by atoms with van der Waals surface area (Å²) in [5.41, 5.74) is 0.977. The lowest BCUT2D eigenvalue weighted by molar-refractivity contribution is -0.126. The van der Waals surface area contributed by atoms with Crippen molar-refractivity contribution in [2.45, 2.75) is 84.5 Å². The number of hydrogen-bond acceptors (Lipinski definition) is 4. The van der Waals surface area contributed by atoms with Gasteiger partial charge in [0.05, 0.1) is 6.61 Å². The van der Waals surface area contributed by atoms with Crippen LogP contribution in [0.25, 0.3) is 10.8 Å². The van der Waals surface area contributed by atoms with Gasteiger partial charge in [0.25, 0.3) is 0 Å². The Hall–Kier alpha value is -1.39. The predicted octanol–water partition coefficient (Wildman–Crippen LogP) is 7.75. The highest BCUT2D eigenvalue weighted by atomic mass is 31.2. The van der Waals surface area contributed by atoms with Gasteiger partial charge in [0, 0.05) is 5.39 Å². The van der Waals surface area contributed by atoms with Gasteiger partial charge in [0.2, 0.25) is 0 Å². The molecule has 0 radical (unpaired) electrons. The van der Waals surface area contributed by atoms with E-state index in [2.05, 4.69) is 13.0 Å². The summed E-state index contributed by atoms with van der Waals surface area (Å²) in [6.07, 6.45) is 13.6. The number of hydrogen-bond donors (Lipinski definition) is 1. The number of aryl methyl sites for hydroxylation is 1. The molecule has 0 aliphatic rings. The molecule has 2 rings (SSSR count). The van der Waals surface area contributed by atoms with E-state index in [-0.39, 0.29) is 6.61 Å². The molecule has 0 bridgehead atoms. The largest absolute Gasteiger partial charge is 0.508 e. The van der Waals surface area contributed by atoms with E-state index < -0.39 is 7.82 Å². The monoisotopic (exact) mass is 436 g/mol. The van der Waals surface area contributed by atoms with Crippen molar-refractivity contribution in [3.8, 4) is 5.75 Å². The first-order chi connectivity index (χ1) is 14.6. The Balaban J connectivity index is 1.87. The van der Waals surface area contributed by atoms with E-state index in [1.54, 1.807) is 6.92 Å². The van der Waals surface area contributed by atoms with Gasteiger partial charge in [-0.15, -0.1) is 0 Å². The van der Waals surface area contributed by atoms with Crippen molar-refractivity contribution < 1.29 is 23.5 Å². The maximum absolute atomic E-state index is 11.9. The highest BCUT2D eigenvalue weighted by Gasteiger charge is 2.24. The molecule has 2 aromatic carbocycles. The fourth-order valence-electron chi connectivity index (χ4n) is 3.66. The lowest BCUT2D eigenvalue weighted by Gasteiger charge is -2.15. The van der Waals surface area contributed by atoms with Crippen LogP contribution in [0.1, 0.15) is 83.6 Å². The third kappa shape index (κ3) is 8.77. The molecule has 0 fully saturated rings. The number of benzene rings is 2. The molecule has 0 aromatic heterocycles. The normalized spacial score (nSPS) is 13.4. The summed E-state index contributed by atoms with van der Waals surface area (Å²) >= 11 is 0. The second-order valence-corrected chi connectivity index (χ2v) is 9.10. The SMILES string of the molecule is CCCCCCCCCCCCc1ccc2ccccc2c1OOP(=O)(O)OCC. The molecule has 0 aliphatic heterocycles. The van der Waals surface area contributed by atoms with Gasteiger partial charge in [-0.3, -0.25) is 4.52 Å². The molecule has 0 aliphatic carbocycles. The van der Waals surface area contributed by atoms with Crippen molar-refractivity contribution in [1.29, 1.82) is 0 Å². The molecular weight excluding hydrogens is 399 g/mol. The van der Waals surface area contributed by atoms with Crippen LogP contribution in [0.4, 0.5) is 0 Å². The smallest absolute Gasteiger partial charge is 0.326 e. The molecule has 6 heteroatoms. The Kier molecular flexibility index (Phi) is 11.5. The van der Waals surface area contributed by atoms with Crippen molar-refractivity contribution >= 4 is 18.6 Å². The van der Waals surface area contributed by atoms with Crippen LogP contribution in [0.3, 0.4) is 0 Å². The van der Waals surface area contributed by atoms with Crippen molar-refractivity contribution in [1.82, 2.24) is 0 Å². The Morgan fingerprint density at radius 1 is 0.833 bits per heavy atom. The molecule has 168 valence electrons. The molecule has 0 saturated heterocycles. The highest BCUT2D eigenvalue weighted by Crippen LogP contribution is 2.44. The fourth-order valence-corrected chi connectivity index (χ4v) is 4.19. The van der Waals surface area contributed by atoms with E-state index in [4.69, 9.17) is 14.1 Å². The van der Waals surface area contributed by atoms with Crippen molar-refractivity contribution in [2.24, 2.45) is 0 Å². The van der Waals surface area contributed by atoms with Gasteiger partial charge in [0.1, 0.15) is 0 Å². The summed E-state index contributed by atoms with van der Waals surface area (Å²) in [4.78, 5) is 15.1. The Morgan fingerprint density at radius 3 is 2.13 bits per heavy atom. The molecule has 0 spiro atoms. The quantitative estimate of drug-likeness (QED) is 0.126. The zero-order valence-electron chi connectivity index (χ0n) is 18.5. The number of fused-ring (bicyclic) bond motifs is 1. The minimum atomic E-state index is -4.23. The third-order valence-electron chi connectivity index (χ3n) is 5.27. The van der Waals surface area contributed by atoms with Gasteiger partial charge in [-0.1, -0.05) is 106 Å². The molecular formula is C24H37O5P. The summed E-state index contributed by atoms with van der Waals surface area (Å²) in [7, 11) is -4.23. The van der Waals surface area contributed by atoms with E-state index in [1.807, 2.05) is 30.3 Å². The van der Waals surface area contributed by atoms with Crippen LogP contribution in [-0.4, -0.2) is 11.5 Å². The average Bonchev–Trinajstić information content (AvgIpc) is 2.74. The second kappa shape index (κ2) is 13.8. The second-order valence-electron chi connectivity index (χ2n) is 7.75. The molecule has 30 heavy (non-hydrogen) atoms. The van der Waals surface area contributed by atoms with Crippen LogP contribution in [0.5, 0.6) is 5.75 Å². The van der Waals surface area contributed by atoms with Gasteiger partial charge in [-0.25, -0.2) is 4.57 Å². The molecule has 1 atom stereocenters. The first-order valence-electron chi connectivity index (χ1n) is 11.4. The fraction of sp³-hybridized carbons (Fsp3) is 0.583. The van der Waals surface area contributed by atoms with E-state index in [0.29, 0.717) is 5.75 Å². The number of phosphoric ester groups is 1. The van der Waals surface area contributed by atoms with Crippen molar-refractivity contribution in [2.75, 3.05) is 6.61 Å². The molecule has 2 aromatic rings. The van der Waals surface area contributed by atoms with Crippen molar-refractivity contribution in [3.05, 3.63) is 42.0 Å². The van der Waals surface area contributed by atoms with E-state index in [9.17, 15) is 9.46 Å². The molecule has 0 heterocycles. The number of unbranched alkanes of at least 4 members (excludes halogenated alkanes) is 9. The Labute approximate surface area is 181 Å². The number of rotatable bonds is 16. The summed E-state index contributed by atoms with van der Waals surface area (Å²) < 4.78 is 21.4. The first kappa shape index (κ1) is 24.9. The first-order valence-corrected chi connectivity index (χ1v) is 12.9.